The van der Waals surface area contributed by atoms with E-state index in [1.807, 2.05) is 6.07 Å². The fraction of sp³-hybridized carbons (Fsp3) is 0.385. The highest BCUT2D eigenvalue weighted by molar-refractivity contribution is 6.02. The number of pyridine rings is 1. The molecule has 1 saturated heterocycles. The van der Waals surface area contributed by atoms with Gasteiger partial charge in [0.2, 0.25) is 11.8 Å². The fourth-order valence-corrected chi connectivity index (χ4v) is 1.89. The van der Waals surface area contributed by atoms with Gasteiger partial charge in [0.1, 0.15) is 11.8 Å². The van der Waals surface area contributed by atoms with Gasteiger partial charge >= 0.3 is 0 Å². The lowest BCUT2D eigenvalue weighted by Gasteiger charge is -2.36. The molecule has 98 valence electrons. The van der Waals surface area contributed by atoms with E-state index in [9.17, 15) is 9.59 Å². The number of imide groups is 1. The van der Waals surface area contributed by atoms with E-state index in [0.717, 1.165) is 0 Å². The zero-order valence-corrected chi connectivity index (χ0v) is 10.8. The number of nitrogens with one attached hydrogen (secondary N) is 1. The second kappa shape index (κ2) is 4.78. The van der Waals surface area contributed by atoms with E-state index in [1.54, 1.807) is 26.0 Å². The van der Waals surface area contributed by atoms with Crippen LogP contribution in [0.2, 0.25) is 0 Å². The van der Waals surface area contributed by atoms with Gasteiger partial charge < -0.3 is 0 Å². The van der Waals surface area contributed by atoms with E-state index in [4.69, 9.17) is 5.26 Å². The van der Waals surface area contributed by atoms with Crippen LogP contribution < -0.4 is 5.32 Å². The van der Waals surface area contributed by atoms with Crippen molar-refractivity contribution in [3.63, 3.8) is 0 Å². The van der Waals surface area contributed by atoms with Gasteiger partial charge in [-0.25, -0.2) is 4.98 Å². The third kappa shape index (κ3) is 2.61. The molecule has 1 aliphatic heterocycles. The Balaban J connectivity index is 2.23. The Labute approximate surface area is 111 Å². The summed E-state index contributed by atoms with van der Waals surface area (Å²) in [5.41, 5.74) is 0.233. The van der Waals surface area contributed by atoms with Crippen molar-refractivity contribution >= 4 is 11.8 Å². The van der Waals surface area contributed by atoms with Gasteiger partial charge in [-0.05, 0) is 31.5 Å². The lowest BCUT2D eigenvalue weighted by Crippen LogP contribution is -2.63. The van der Waals surface area contributed by atoms with Crippen LogP contribution in [0, 0.1) is 11.3 Å². The molecular formula is C13H14N4O2. The minimum Gasteiger partial charge on any atom is -0.295 e. The Hall–Kier alpha value is -2.26. The second-order valence-electron chi connectivity index (χ2n) is 4.92. The highest BCUT2D eigenvalue weighted by atomic mass is 16.2. The lowest BCUT2D eigenvalue weighted by atomic mass is 10.00. The van der Waals surface area contributed by atoms with Crippen molar-refractivity contribution < 1.29 is 9.59 Å². The number of aromatic nitrogens is 1. The molecule has 0 spiro atoms. The maximum atomic E-state index is 12.2. The summed E-state index contributed by atoms with van der Waals surface area (Å²) >= 11 is 0. The van der Waals surface area contributed by atoms with Gasteiger partial charge in [-0.3, -0.25) is 19.8 Å². The van der Waals surface area contributed by atoms with Crippen molar-refractivity contribution in [2.24, 2.45) is 0 Å². The zero-order chi connectivity index (χ0) is 14.0. The van der Waals surface area contributed by atoms with Gasteiger partial charge in [-0.2, -0.15) is 5.26 Å². The van der Waals surface area contributed by atoms with E-state index in [2.05, 4.69) is 10.3 Å². The van der Waals surface area contributed by atoms with Gasteiger partial charge in [0.05, 0.1) is 18.6 Å². The predicted molar refractivity (Wildman–Crippen MR) is 66.6 cm³/mol. The molecule has 0 saturated carbocycles. The number of hydrogen-bond acceptors (Lipinski definition) is 5. The molecular weight excluding hydrogens is 244 g/mol. The number of hydrogen-bond donors (Lipinski definition) is 1. The van der Waals surface area contributed by atoms with Gasteiger partial charge in [0, 0.05) is 6.20 Å². The Morgan fingerprint density at radius 1 is 1.53 bits per heavy atom. The molecule has 0 bridgehead atoms. The Morgan fingerprint density at radius 3 is 2.95 bits per heavy atom. The topological polar surface area (TPSA) is 86.1 Å². The summed E-state index contributed by atoms with van der Waals surface area (Å²) in [5.74, 6) is -0.529. The van der Waals surface area contributed by atoms with Gasteiger partial charge in [0.25, 0.3) is 0 Å². The molecule has 1 N–H and O–H groups in total. The molecule has 0 atom stereocenters. The maximum Gasteiger partial charge on any atom is 0.249 e. The smallest absolute Gasteiger partial charge is 0.249 e. The molecule has 0 unspecified atom stereocenters. The van der Waals surface area contributed by atoms with Gasteiger partial charge in [0.15, 0.2) is 0 Å². The molecule has 2 heterocycles. The molecule has 6 nitrogen and oxygen atoms in total. The quantitative estimate of drug-likeness (QED) is 0.765. The van der Waals surface area contributed by atoms with E-state index in [0.29, 0.717) is 5.56 Å². The second-order valence-corrected chi connectivity index (χ2v) is 4.92. The van der Waals surface area contributed by atoms with Crippen LogP contribution in [0.3, 0.4) is 0 Å². The van der Waals surface area contributed by atoms with Crippen molar-refractivity contribution in [1.82, 2.24) is 15.2 Å². The van der Waals surface area contributed by atoms with Crippen molar-refractivity contribution in [1.29, 1.82) is 5.26 Å². The van der Waals surface area contributed by atoms with Gasteiger partial charge in [-0.15, -0.1) is 0 Å². The number of amides is 2. The number of nitriles is 1. The molecule has 0 radical (unpaired) electrons. The third-order valence-electron chi connectivity index (χ3n) is 3.04. The first kappa shape index (κ1) is 13.2. The lowest BCUT2D eigenvalue weighted by molar-refractivity contribution is -0.153. The molecule has 0 aliphatic carbocycles. The average Bonchev–Trinajstić information content (AvgIpc) is 2.40. The highest BCUT2D eigenvalue weighted by Gasteiger charge is 2.39. The summed E-state index contributed by atoms with van der Waals surface area (Å²) < 4.78 is 0. The standard InChI is InChI=1S/C13H14N4O2/c1-13(2)12(19)17(11(18)7-16-13)8-9-3-4-15-10(5-9)6-14/h3-5,16H,7-8H2,1-2H3. The number of rotatable bonds is 2. The van der Waals surface area contributed by atoms with Crippen LogP contribution in [-0.2, 0) is 16.1 Å². The Kier molecular flexibility index (Phi) is 3.32. The number of carbonyl (C=O) groups excluding carboxylic acids is 2. The fourth-order valence-electron chi connectivity index (χ4n) is 1.89. The number of nitrogens with zero attached hydrogens (tertiary/aromatic N) is 3. The largest absolute Gasteiger partial charge is 0.295 e. The van der Waals surface area contributed by atoms with Crippen molar-refractivity contribution in [2.75, 3.05) is 6.54 Å². The van der Waals surface area contributed by atoms with E-state index in [1.165, 1.54) is 11.1 Å². The minimum atomic E-state index is -0.751. The molecule has 1 aromatic heterocycles. The molecule has 1 fully saturated rings. The summed E-state index contributed by atoms with van der Waals surface area (Å²) in [5, 5.41) is 11.7. The zero-order valence-electron chi connectivity index (χ0n) is 10.8. The first-order chi connectivity index (χ1) is 8.94. The highest BCUT2D eigenvalue weighted by Crippen LogP contribution is 2.16. The molecule has 6 heteroatoms. The summed E-state index contributed by atoms with van der Waals surface area (Å²) in [4.78, 5) is 29.1. The van der Waals surface area contributed by atoms with Crippen LogP contribution in [0.15, 0.2) is 18.3 Å². The minimum absolute atomic E-state index is 0.134. The molecule has 2 rings (SSSR count). The molecule has 19 heavy (non-hydrogen) atoms. The Morgan fingerprint density at radius 2 is 2.26 bits per heavy atom. The van der Waals surface area contributed by atoms with E-state index >= 15 is 0 Å². The predicted octanol–water partition coefficient (Wildman–Crippen LogP) is 0.190. The molecule has 0 aromatic carbocycles. The van der Waals surface area contributed by atoms with Crippen molar-refractivity contribution in [3.8, 4) is 6.07 Å². The van der Waals surface area contributed by atoms with Crippen LogP contribution in [0.5, 0.6) is 0 Å². The summed E-state index contributed by atoms with van der Waals surface area (Å²) in [6.07, 6.45) is 1.50. The van der Waals surface area contributed by atoms with Crippen LogP contribution in [0.4, 0.5) is 0 Å². The third-order valence-corrected chi connectivity index (χ3v) is 3.04. The summed E-state index contributed by atoms with van der Waals surface area (Å²) in [6, 6.07) is 5.20. The monoisotopic (exact) mass is 258 g/mol. The first-order valence-electron chi connectivity index (χ1n) is 5.89. The van der Waals surface area contributed by atoms with Crippen molar-refractivity contribution in [2.45, 2.75) is 25.9 Å². The molecule has 2 amide bonds. The maximum absolute atomic E-state index is 12.2. The SMILES string of the molecule is CC1(C)NCC(=O)N(Cc2ccnc(C#N)c2)C1=O. The van der Waals surface area contributed by atoms with Gasteiger partial charge in [-0.1, -0.05) is 0 Å². The summed E-state index contributed by atoms with van der Waals surface area (Å²) in [6.45, 7) is 3.78. The van der Waals surface area contributed by atoms with Crippen LogP contribution in [-0.4, -0.2) is 33.8 Å². The Bertz CT molecular complexity index is 574. The first-order valence-corrected chi connectivity index (χ1v) is 5.89. The van der Waals surface area contributed by atoms with Crippen molar-refractivity contribution in [3.05, 3.63) is 29.6 Å². The number of piperazine rings is 1. The normalized spacial score (nSPS) is 18.3. The van der Waals surface area contributed by atoms with E-state index in [-0.39, 0.29) is 30.6 Å². The van der Waals surface area contributed by atoms with Crippen LogP contribution in [0.25, 0.3) is 0 Å². The van der Waals surface area contributed by atoms with Crippen LogP contribution in [0.1, 0.15) is 25.1 Å². The van der Waals surface area contributed by atoms with E-state index < -0.39 is 5.54 Å². The van der Waals surface area contributed by atoms with Crippen LogP contribution >= 0.6 is 0 Å². The summed E-state index contributed by atoms with van der Waals surface area (Å²) in [7, 11) is 0. The number of carbonyl (C=O) groups is 2. The molecule has 1 aromatic rings. The molecule has 1 aliphatic rings. The average molecular weight is 258 g/mol.